The Morgan fingerprint density at radius 3 is 2.13 bits per heavy atom. The summed E-state index contributed by atoms with van der Waals surface area (Å²) in [6.07, 6.45) is 2.35. The van der Waals surface area contributed by atoms with E-state index in [2.05, 4.69) is 4.90 Å². The minimum atomic E-state index is 0.507. The lowest BCUT2D eigenvalue weighted by atomic mass is 10.2. The summed E-state index contributed by atoms with van der Waals surface area (Å²) in [7, 11) is 0. The van der Waals surface area contributed by atoms with E-state index in [-0.39, 0.29) is 0 Å². The lowest BCUT2D eigenvalue weighted by Crippen LogP contribution is -2.18. The maximum atomic E-state index is 8.76. The molecule has 1 aromatic carbocycles. The van der Waals surface area contributed by atoms with Gasteiger partial charge >= 0.3 is 0 Å². The SMILES string of the molecule is N#Cc1cc(Cl)c(N2CCCC2)c(Cl)c1. The van der Waals surface area contributed by atoms with Crippen LogP contribution in [0.4, 0.5) is 5.69 Å². The lowest BCUT2D eigenvalue weighted by Gasteiger charge is -2.20. The zero-order valence-electron chi connectivity index (χ0n) is 8.13. The molecule has 1 fully saturated rings. The van der Waals surface area contributed by atoms with E-state index in [1.54, 1.807) is 12.1 Å². The Morgan fingerprint density at radius 1 is 1.13 bits per heavy atom. The fourth-order valence-corrected chi connectivity index (χ4v) is 2.60. The van der Waals surface area contributed by atoms with Gasteiger partial charge in [0.2, 0.25) is 0 Å². The number of halogens is 2. The van der Waals surface area contributed by atoms with Crippen LogP contribution in [0.25, 0.3) is 0 Å². The summed E-state index contributed by atoms with van der Waals surface area (Å²) in [4.78, 5) is 2.17. The second kappa shape index (κ2) is 4.30. The summed E-state index contributed by atoms with van der Waals surface area (Å²) in [5.41, 5.74) is 1.38. The highest BCUT2D eigenvalue weighted by Gasteiger charge is 2.18. The van der Waals surface area contributed by atoms with E-state index in [1.165, 1.54) is 12.8 Å². The third-order valence-electron chi connectivity index (χ3n) is 2.57. The van der Waals surface area contributed by atoms with E-state index >= 15 is 0 Å². The Bertz CT molecular complexity index is 394. The number of anilines is 1. The predicted molar refractivity (Wildman–Crippen MR) is 62.6 cm³/mol. The van der Waals surface area contributed by atoms with Gasteiger partial charge in [0.15, 0.2) is 0 Å². The van der Waals surface area contributed by atoms with Gasteiger partial charge in [-0.05, 0) is 25.0 Å². The fourth-order valence-electron chi connectivity index (χ4n) is 1.87. The summed E-state index contributed by atoms with van der Waals surface area (Å²) in [6.45, 7) is 1.98. The molecule has 0 bridgehead atoms. The molecule has 0 amide bonds. The van der Waals surface area contributed by atoms with E-state index in [0.717, 1.165) is 18.8 Å². The van der Waals surface area contributed by atoms with Crippen LogP contribution in [0.2, 0.25) is 10.0 Å². The monoisotopic (exact) mass is 240 g/mol. The summed E-state index contributed by atoms with van der Waals surface area (Å²) in [5, 5.41) is 9.90. The van der Waals surface area contributed by atoms with Gasteiger partial charge in [-0.15, -0.1) is 0 Å². The molecule has 0 unspecified atom stereocenters. The van der Waals surface area contributed by atoms with Crippen molar-refractivity contribution in [2.75, 3.05) is 18.0 Å². The molecule has 0 aromatic heterocycles. The van der Waals surface area contributed by atoms with Gasteiger partial charge in [0.05, 0.1) is 27.4 Å². The normalized spacial score (nSPS) is 15.4. The minimum absolute atomic E-state index is 0.507. The molecule has 1 aliphatic rings. The molecule has 2 nitrogen and oxygen atoms in total. The van der Waals surface area contributed by atoms with Crippen LogP contribution in [0.1, 0.15) is 18.4 Å². The molecular formula is C11H10Cl2N2. The van der Waals surface area contributed by atoms with Crippen molar-refractivity contribution in [2.45, 2.75) is 12.8 Å². The van der Waals surface area contributed by atoms with E-state index < -0.39 is 0 Å². The molecule has 0 spiro atoms. The first-order chi connectivity index (χ1) is 7.22. The van der Waals surface area contributed by atoms with Gasteiger partial charge in [0.1, 0.15) is 0 Å². The molecule has 1 aliphatic heterocycles. The van der Waals surface area contributed by atoms with Crippen molar-refractivity contribution in [1.29, 1.82) is 5.26 Å². The zero-order chi connectivity index (χ0) is 10.8. The summed E-state index contributed by atoms with van der Waals surface area (Å²) < 4.78 is 0. The molecular weight excluding hydrogens is 231 g/mol. The average molecular weight is 241 g/mol. The first-order valence-corrected chi connectivity index (χ1v) is 5.62. The lowest BCUT2D eigenvalue weighted by molar-refractivity contribution is 0.949. The smallest absolute Gasteiger partial charge is 0.0992 e. The van der Waals surface area contributed by atoms with Crippen LogP contribution in [0.5, 0.6) is 0 Å². The molecule has 0 N–H and O–H groups in total. The largest absolute Gasteiger partial charge is 0.369 e. The molecule has 4 heteroatoms. The molecule has 78 valence electrons. The predicted octanol–water partition coefficient (Wildman–Crippen LogP) is 3.47. The Morgan fingerprint density at radius 2 is 1.67 bits per heavy atom. The highest BCUT2D eigenvalue weighted by Crippen LogP contribution is 2.36. The fraction of sp³-hybridized carbons (Fsp3) is 0.364. The van der Waals surface area contributed by atoms with E-state index in [4.69, 9.17) is 28.5 Å². The molecule has 15 heavy (non-hydrogen) atoms. The molecule has 1 heterocycles. The molecule has 1 aromatic rings. The van der Waals surface area contributed by atoms with Gasteiger partial charge in [-0.3, -0.25) is 0 Å². The van der Waals surface area contributed by atoms with Gasteiger partial charge in [0.25, 0.3) is 0 Å². The Kier molecular flexibility index (Phi) is 3.04. The van der Waals surface area contributed by atoms with Gasteiger partial charge in [-0.25, -0.2) is 0 Å². The van der Waals surface area contributed by atoms with Crippen molar-refractivity contribution in [3.63, 3.8) is 0 Å². The van der Waals surface area contributed by atoms with Crippen LogP contribution in [0.15, 0.2) is 12.1 Å². The number of nitriles is 1. The van der Waals surface area contributed by atoms with E-state index in [1.807, 2.05) is 6.07 Å². The molecule has 0 atom stereocenters. The van der Waals surface area contributed by atoms with E-state index in [0.29, 0.717) is 15.6 Å². The molecule has 1 saturated heterocycles. The molecule has 0 aliphatic carbocycles. The second-order valence-electron chi connectivity index (χ2n) is 3.59. The van der Waals surface area contributed by atoms with Gasteiger partial charge in [-0.2, -0.15) is 5.26 Å². The number of benzene rings is 1. The van der Waals surface area contributed by atoms with E-state index in [9.17, 15) is 0 Å². The third-order valence-corrected chi connectivity index (χ3v) is 3.14. The maximum Gasteiger partial charge on any atom is 0.0992 e. The van der Waals surface area contributed by atoms with Crippen molar-refractivity contribution in [3.05, 3.63) is 27.7 Å². The van der Waals surface area contributed by atoms with Crippen molar-refractivity contribution in [1.82, 2.24) is 0 Å². The Labute approximate surface area is 99.0 Å². The van der Waals surface area contributed by atoms with Crippen LogP contribution in [0, 0.1) is 11.3 Å². The minimum Gasteiger partial charge on any atom is -0.369 e. The van der Waals surface area contributed by atoms with Gasteiger partial charge < -0.3 is 4.90 Å². The first-order valence-electron chi connectivity index (χ1n) is 4.86. The zero-order valence-corrected chi connectivity index (χ0v) is 9.65. The van der Waals surface area contributed by atoms with Gasteiger partial charge in [0, 0.05) is 13.1 Å². The Balaban J connectivity index is 2.43. The molecule has 2 rings (SSSR count). The van der Waals surface area contributed by atoms with Crippen molar-refractivity contribution >= 4 is 28.9 Å². The van der Waals surface area contributed by atoms with Crippen molar-refractivity contribution in [3.8, 4) is 6.07 Å². The second-order valence-corrected chi connectivity index (χ2v) is 4.41. The average Bonchev–Trinajstić information content (AvgIpc) is 2.69. The maximum absolute atomic E-state index is 8.76. The van der Waals surface area contributed by atoms with Crippen LogP contribution < -0.4 is 4.90 Å². The Hall–Kier alpha value is -0.910. The van der Waals surface area contributed by atoms with Crippen LogP contribution in [-0.4, -0.2) is 13.1 Å². The molecule has 0 saturated carbocycles. The topological polar surface area (TPSA) is 27.0 Å². The number of hydrogen-bond donors (Lipinski definition) is 0. The number of rotatable bonds is 1. The number of hydrogen-bond acceptors (Lipinski definition) is 2. The first kappa shape index (κ1) is 10.6. The van der Waals surface area contributed by atoms with Gasteiger partial charge in [-0.1, -0.05) is 23.2 Å². The third kappa shape index (κ3) is 2.04. The standard InChI is InChI=1S/C11H10Cl2N2/c12-9-5-8(7-14)6-10(13)11(9)15-3-1-2-4-15/h5-6H,1-4H2. The number of nitrogens with zero attached hydrogens (tertiary/aromatic N) is 2. The summed E-state index contributed by atoms with van der Waals surface area (Å²) in [5.74, 6) is 0. The highest BCUT2D eigenvalue weighted by molar-refractivity contribution is 6.39. The van der Waals surface area contributed by atoms with Crippen LogP contribution in [0.3, 0.4) is 0 Å². The summed E-state index contributed by atoms with van der Waals surface area (Å²) in [6, 6.07) is 5.37. The van der Waals surface area contributed by atoms with Crippen LogP contribution in [-0.2, 0) is 0 Å². The van der Waals surface area contributed by atoms with Crippen molar-refractivity contribution < 1.29 is 0 Å². The highest BCUT2D eigenvalue weighted by atomic mass is 35.5. The quantitative estimate of drug-likeness (QED) is 0.752. The molecule has 0 radical (unpaired) electrons. The van der Waals surface area contributed by atoms with Crippen molar-refractivity contribution in [2.24, 2.45) is 0 Å². The summed E-state index contributed by atoms with van der Waals surface area (Å²) >= 11 is 12.2. The van der Waals surface area contributed by atoms with Crippen LogP contribution >= 0.6 is 23.2 Å².